The molecule has 0 bridgehead atoms. The third-order valence-corrected chi connectivity index (χ3v) is 4.30. The zero-order chi connectivity index (χ0) is 17.6. The summed E-state index contributed by atoms with van der Waals surface area (Å²) in [4.78, 5) is 16.5. The number of aromatic nitrogens is 3. The van der Waals surface area contributed by atoms with Crippen LogP contribution in [0.4, 0.5) is 0 Å². The standard InChI is InChI=1S/C19H19BrN4O/c1-13-3-2-4-14(11-13)12-18-22-17(23-24-18)9-10-21-19(25)15-5-7-16(20)8-6-15/h2-8,11H,9-10,12H2,1H3,(H,21,25)(H,22,23,24). The van der Waals surface area contributed by atoms with E-state index in [9.17, 15) is 4.79 Å². The number of rotatable bonds is 6. The lowest BCUT2D eigenvalue weighted by Gasteiger charge is -2.03. The first-order valence-corrected chi connectivity index (χ1v) is 8.89. The lowest BCUT2D eigenvalue weighted by atomic mass is 10.1. The Hall–Kier alpha value is -2.47. The summed E-state index contributed by atoms with van der Waals surface area (Å²) in [6.07, 6.45) is 1.31. The maximum Gasteiger partial charge on any atom is 0.251 e. The molecule has 25 heavy (non-hydrogen) atoms. The van der Waals surface area contributed by atoms with Crippen molar-refractivity contribution >= 4 is 21.8 Å². The number of nitrogens with zero attached hydrogens (tertiary/aromatic N) is 2. The number of carbonyl (C=O) groups is 1. The number of H-pyrrole nitrogens is 1. The zero-order valence-electron chi connectivity index (χ0n) is 13.9. The van der Waals surface area contributed by atoms with Gasteiger partial charge in [-0.2, -0.15) is 5.10 Å². The minimum atomic E-state index is -0.0944. The van der Waals surface area contributed by atoms with Crippen molar-refractivity contribution in [2.45, 2.75) is 19.8 Å². The first kappa shape index (κ1) is 17.4. The van der Waals surface area contributed by atoms with Crippen LogP contribution in [0.1, 0.15) is 33.1 Å². The highest BCUT2D eigenvalue weighted by atomic mass is 79.9. The van der Waals surface area contributed by atoms with Crippen LogP contribution in [0, 0.1) is 6.92 Å². The number of hydrogen-bond donors (Lipinski definition) is 2. The van der Waals surface area contributed by atoms with Crippen LogP contribution in [0.2, 0.25) is 0 Å². The number of amides is 1. The maximum absolute atomic E-state index is 12.0. The summed E-state index contributed by atoms with van der Waals surface area (Å²) in [6.45, 7) is 2.57. The van der Waals surface area contributed by atoms with Crippen molar-refractivity contribution in [1.82, 2.24) is 20.5 Å². The third kappa shape index (κ3) is 5.00. The van der Waals surface area contributed by atoms with Crippen molar-refractivity contribution in [3.8, 4) is 0 Å². The highest BCUT2D eigenvalue weighted by Gasteiger charge is 2.07. The van der Waals surface area contributed by atoms with Gasteiger partial charge in [0.25, 0.3) is 5.91 Å². The second kappa shape index (κ2) is 8.07. The van der Waals surface area contributed by atoms with Gasteiger partial charge in [-0.25, -0.2) is 4.98 Å². The van der Waals surface area contributed by atoms with E-state index in [1.807, 2.05) is 18.2 Å². The van der Waals surface area contributed by atoms with E-state index in [-0.39, 0.29) is 5.91 Å². The SMILES string of the molecule is Cc1cccc(Cc2nc(CCNC(=O)c3ccc(Br)cc3)n[nH]2)c1. The van der Waals surface area contributed by atoms with Crippen molar-refractivity contribution < 1.29 is 4.79 Å². The molecule has 6 heteroatoms. The van der Waals surface area contributed by atoms with Crippen molar-refractivity contribution in [2.24, 2.45) is 0 Å². The first-order valence-electron chi connectivity index (χ1n) is 8.09. The molecule has 1 amide bonds. The van der Waals surface area contributed by atoms with Gasteiger partial charge in [-0.3, -0.25) is 9.89 Å². The second-order valence-electron chi connectivity index (χ2n) is 5.88. The molecule has 0 aliphatic carbocycles. The number of aromatic amines is 1. The Kier molecular flexibility index (Phi) is 5.60. The molecular formula is C19H19BrN4O. The summed E-state index contributed by atoms with van der Waals surface area (Å²) in [5.41, 5.74) is 3.07. The van der Waals surface area contributed by atoms with Gasteiger partial charge in [0.15, 0.2) is 5.82 Å². The number of hydrogen-bond acceptors (Lipinski definition) is 3. The monoisotopic (exact) mass is 398 g/mol. The minimum absolute atomic E-state index is 0.0944. The van der Waals surface area contributed by atoms with Gasteiger partial charge < -0.3 is 5.32 Å². The topological polar surface area (TPSA) is 70.7 Å². The molecule has 0 spiro atoms. The number of halogens is 1. The van der Waals surface area contributed by atoms with E-state index in [0.717, 1.165) is 16.7 Å². The van der Waals surface area contributed by atoms with Gasteiger partial charge in [0.05, 0.1) is 0 Å². The number of carbonyl (C=O) groups excluding carboxylic acids is 1. The van der Waals surface area contributed by atoms with Gasteiger partial charge in [-0.05, 0) is 36.8 Å². The van der Waals surface area contributed by atoms with Gasteiger partial charge >= 0.3 is 0 Å². The molecule has 0 atom stereocenters. The Morgan fingerprint density at radius 1 is 1.20 bits per heavy atom. The quantitative estimate of drug-likeness (QED) is 0.667. The smallest absolute Gasteiger partial charge is 0.251 e. The predicted octanol–water partition coefficient (Wildman–Crippen LogP) is 3.44. The van der Waals surface area contributed by atoms with E-state index in [2.05, 4.69) is 61.6 Å². The number of aryl methyl sites for hydroxylation is 1. The molecule has 0 aliphatic heterocycles. The lowest BCUT2D eigenvalue weighted by molar-refractivity contribution is 0.0954. The van der Waals surface area contributed by atoms with Crippen LogP contribution in [-0.4, -0.2) is 27.6 Å². The van der Waals surface area contributed by atoms with E-state index >= 15 is 0 Å². The fourth-order valence-corrected chi connectivity index (χ4v) is 2.80. The molecule has 3 aromatic rings. The van der Waals surface area contributed by atoms with E-state index < -0.39 is 0 Å². The Morgan fingerprint density at radius 3 is 2.76 bits per heavy atom. The summed E-state index contributed by atoms with van der Waals surface area (Å²) in [7, 11) is 0. The molecule has 128 valence electrons. The molecule has 3 rings (SSSR count). The molecule has 0 unspecified atom stereocenters. The van der Waals surface area contributed by atoms with Crippen LogP contribution in [0.15, 0.2) is 53.0 Å². The molecule has 1 heterocycles. The summed E-state index contributed by atoms with van der Waals surface area (Å²) in [6, 6.07) is 15.6. The number of nitrogens with one attached hydrogen (secondary N) is 2. The summed E-state index contributed by atoms with van der Waals surface area (Å²) in [5.74, 6) is 1.45. The molecule has 0 radical (unpaired) electrons. The largest absolute Gasteiger partial charge is 0.352 e. The normalized spacial score (nSPS) is 10.6. The van der Waals surface area contributed by atoms with Crippen LogP contribution in [0.25, 0.3) is 0 Å². The van der Waals surface area contributed by atoms with Crippen LogP contribution >= 0.6 is 15.9 Å². The van der Waals surface area contributed by atoms with E-state index in [1.54, 1.807) is 12.1 Å². The van der Waals surface area contributed by atoms with Crippen LogP contribution < -0.4 is 5.32 Å². The van der Waals surface area contributed by atoms with Crippen LogP contribution in [-0.2, 0) is 12.8 Å². The first-order chi connectivity index (χ1) is 12.1. The third-order valence-electron chi connectivity index (χ3n) is 3.77. The highest BCUT2D eigenvalue weighted by molar-refractivity contribution is 9.10. The van der Waals surface area contributed by atoms with E-state index in [1.165, 1.54) is 11.1 Å². The average molecular weight is 399 g/mol. The summed E-state index contributed by atoms with van der Waals surface area (Å²) in [5, 5.41) is 10.1. The van der Waals surface area contributed by atoms with Gasteiger partial charge in [0.2, 0.25) is 0 Å². The molecule has 0 aliphatic rings. The summed E-state index contributed by atoms with van der Waals surface area (Å²) < 4.78 is 0.950. The van der Waals surface area contributed by atoms with Crippen LogP contribution in [0.5, 0.6) is 0 Å². The summed E-state index contributed by atoms with van der Waals surface area (Å²) >= 11 is 3.36. The zero-order valence-corrected chi connectivity index (χ0v) is 15.5. The van der Waals surface area contributed by atoms with E-state index in [4.69, 9.17) is 0 Å². The van der Waals surface area contributed by atoms with Crippen LogP contribution in [0.3, 0.4) is 0 Å². The molecule has 2 aromatic carbocycles. The molecule has 5 nitrogen and oxygen atoms in total. The van der Waals surface area contributed by atoms with Gasteiger partial charge in [0, 0.05) is 29.4 Å². The Bertz CT molecular complexity index is 858. The molecule has 0 fully saturated rings. The second-order valence-corrected chi connectivity index (χ2v) is 6.79. The van der Waals surface area contributed by atoms with E-state index in [0.29, 0.717) is 24.4 Å². The Morgan fingerprint density at radius 2 is 2.00 bits per heavy atom. The minimum Gasteiger partial charge on any atom is -0.352 e. The molecule has 0 saturated carbocycles. The van der Waals surface area contributed by atoms with Crippen molar-refractivity contribution in [3.05, 3.63) is 81.3 Å². The van der Waals surface area contributed by atoms with Gasteiger partial charge in [0.1, 0.15) is 5.82 Å². The average Bonchev–Trinajstić information content (AvgIpc) is 3.02. The Balaban J connectivity index is 1.50. The predicted molar refractivity (Wildman–Crippen MR) is 101 cm³/mol. The van der Waals surface area contributed by atoms with Crippen molar-refractivity contribution in [1.29, 1.82) is 0 Å². The lowest BCUT2D eigenvalue weighted by Crippen LogP contribution is -2.25. The van der Waals surface area contributed by atoms with Gasteiger partial charge in [-0.1, -0.05) is 45.8 Å². The fraction of sp³-hybridized carbons (Fsp3) is 0.211. The Labute approximate surface area is 155 Å². The highest BCUT2D eigenvalue weighted by Crippen LogP contribution is 2.10. The number of benzene rings is 2. The molecule has 0 saturated heterocycles. The van der Waals surface area contributed by atoms with Crippen molar-refractivity contribution in [2.75, 3.05) is 6.54 Å². The van der Waals surface area contributed by atoms with Gasteiger partial charge in [-0.15, -0.1) is 0 Å². The molecular weight excluding hydrogens is 380 g/mol. The van der Waals surface area contributed by atoms with Crippen molar-refractivity contribution in [3.63, 3.8) is 0 Å². The fourth-order valence-electron chi connectivity index (χ4n) is 2.53. The molecule has 1 aromatic heterocycles. The maximum atomic E-state index is 12.0. The molecule has 2 N–H and O–H groups in total.